The van der Waals surface area contributed by atoms with Crippen molar-refractivity contribution < 1.29 is 4.79 Å². The molecule has 0 spiro atoms. The van der Waals surface area contributed by atoms with Gasteiger partial charge in [-0.1, -0.05) is 12.1 Å². The van der Waals surface area contributed by atoms with E-state index in [-0.39, 0.29) is 36.8 Å². The smallest absolute Gasteiger partial charge is 0.221 e. The molecule has 2 rings (SSSR count). The third kappa shape index (κ3) is 5.19. The van der Waals surface area contributed by atoms with E-state index in [2.05, 4.69) is 14.9 Å². The molecule has 1 aromatic heterocycles. The minimum absolute atomic E-state index is 0. The molecule has 1 amide bonds. The molecule has 1 heterocycles. The van der Waals surface area contributed by atoms with E-state index in [0.29, 0.717) is 13.0 Å². The molecule has 0 saturated heterocycles. The number of aryl methyl sites for hydroxylation is 1. The zero-order chi connectivity index (χ0) is 13.8. The molecule has 0 aliphatic rings. The average molecular weight is 333 g/mol. The summed E-state index contributed by atoms with van der Waals surface area (Å²) in [5.41, 5.74) is 7.67. The Labute approximate surface area is 137 Å². The maximum atomic E-state index is 11.5. The third-order valence-electron chi connectivity index (χ3n) is 3.01. The fourth-order valence-electron chi connectivity index (χ4n) is 2.15. The van der Waals surface area contributed by atoms with Crippen LogP contribution in [-0.4, -0.2) is 28.0 Å². The van der Waals surface area contributed by atoms with Crippen molar-refractivity contribution in [2.75, 3.05) is 6.54 Å². The van der Waals surface area contributed by atoms with Crippen LogP contribution in [0.4, 0.5) is 0 Å². The van der Waals surface area contributed by atoms with Crippen LogP contribution in [0.5, 0.6) is 0 Å². The Morgan fingerprint density at radius 3 is 2.71 bits per heavy atom. The first-order chi connectivity index (χ1) is 9.08. The van der Waals surface area contributed by atoms with Crippen molar-refractivity contribution in [1.29, 1.82) is 0 Å². The zero-order valence-corrected chi connectivity index (χ0v) is 13.8. The van der Waals surface area contributed by atoms with Gasteiger partial charge in [0.1, 0.15) is 5.82 Å². The number of nitrogens with zero attached hydrogens (tertiary/aromatic N) is 2. The summed E-state index contributed by atoms with van der Waals surface area (Å²) in [6.07, 6.45) is 0.365. The molecule has 0 aliphatic heterocycles. The lowest BCUT2D eigenvalue weighted by Gasteiger charge is -2.09. The second-order valence-corrected chi connectivity index (χ2v) is 4.83. The predicted octanol–water partition coefficient (Wildman–Crippen LogP) is 2.04. The normalized spacial score (nSPS) is 11.4. The van der Waals surface area contributed by atoms with Crippen molar-refractivity contribution in [3.05, 3.63) is 30.1 Å². The minimum Gasteiger partial charge on any atom is -0.354 e. The molecule has 1 atom stereocenters. The molecule has 2 aromatic rings. The molecule has 3 N–H and O–H groups in total. The van der Waals surface area contributed by atoms with E-state index in [1.165, 1.54) is 0 Å². The Hall–Kier alpha value is -1.30. The third-order valence-corrected chi connectivity index (χ3v) is 3.01. The Kier molecular flexibility index (Phi) is 8.32. The number of rotatable bonds is 5. The maximum absolute atomic E-state index is 11.5. The van der Waals surface area contributed by atoms with Gasteiger partial charge in [0.05, 0.1) is 11.0 Å². The molecule has 0 radical (unpaired) electrons. The van der Waals surface area contributed by atoms with Crippen LogP contribution in [0.2, 0.25) is 0 Å². The molecule has 21 heavy (non-hydrogen) atoms. The SMILES string of the molecule is Cc1nc2ccccc2n1CCNC(=O)CC(C)N.Cl.Cl. The van der Waals surface area contributed by atoms with E-state index in [9.17, 15) is 4.79 Å². The second kappa shape index (κ2) is 8.87. The molecule has 0 bridgehead atoms. The van der Waals surface area contributed by atoms with E-state index in [1.54, 1.807) is 0 Å². The Morgan fingerprint density at radius 2 is 2.05 bits per heavy atom. The van der Waals surface area contributed by atoms with Crippen LogP contribution >= 0.6 is 24.8 Å². The summed E-state index contributed by atoms with van der Waals surface area (Å²) < 4.78 is 2.11. The van der Waals surface area contributed by atoms with Gasteiger partial charge in [-0.25, -0.2) is 4.98 Å². The molecule has 7 heteroatoms. The Bertz CT molecular complexity index is 583. The van der Waals surface area contributed by atoms with Crippen LogP contribution in [0.3, 0.4) is 0 Å². The Balaban J connectivity index is 0.00000200. The van der Waals surface area contributed by atoms with Gasteiger partial charge in [-0.15, -0.1) is 24.8 Å². The van der Waals surface area contributed by atoms with Crippen molar-refractivity contribution in [3.8, 4) is 0 Å². The van der Waals surface area contributed by atoms with Gasteiger partial charge in [0, 0.05) is 25.6 Å². The molecule has 118 valence electrons. The highest BCUT2D eigenvalue weighted by Gasteiger charge is 2.07. The fraction of sp³-hybridized carbons (Fsp3) is 0.429. The van der Waals surface area contributed by atoms with Crippen LogP contribution in [0.15, 0.2) is 24.3 Å². The van der Waals surface area contributed by atoms with Crippen molar-refractivity contribution >= 4 is 41.8 Å². The number of imidazole rings is 1. The summed E-state index contributed by atoms with van der Waals surface area (Å²) in [7, 11) is 0. The molecule has 0 fully saturated rings. The number of benzene rings is 1. The zero-order valence-electron chi connectivity index (χ0n) is 12.2. The number of para-hydroxylation sites is 2. The topological polar surface area (TPSA) is 72.9 Å². The first-order valence-corrected chi connectivity index (χ1v) is 6.52. The monoisotopic (exact) mass is 332 g/mol. The van der Waals surface area contributed by atoms with Gasteiger partial charge in [-0.05, 0) is 26.0 Å². The number of fused-ring (bicyclic) bond motifs is 1. The molecule has 0 aliphatic carbocycles. The number of hydrogen-bond donors (Lipinski definition) is 2. The summed E-state index contributed by atoms with van der Waals surface area (Å²) in [5, 5.41) is 2.88. The van der Waals surface area contributed by atoms with Crippen LogP contribution in [0, 0.1) is 6.92 Å². The quantitative estimate of drug-likeness (QED) is 0.879. The largest absolute Gasteiger partial charge is 0.354 e. The van der Waals surface area contributed by atoms with E-state index < -0.39 is 0 Å². The number of carbonyl (C=O) groups excluding carboxylic acids is 1. The van der Waals surface area contributed by atoms with Crippen LogP contribution in [0.25, 0.3) is 11.0 Å². The van der Waals surface area contributed by atoms with Gasteiger partial charge in [0.15, 0.2) is 0 Å². The van der Waals surface area contributed by atoms with Gasteiger partial charge < -0.3 is 15.6 Å². The fourth-order valence-corrected chi connectivity index (χ4v) is 2.15. The summed E-state index contributed by atoms with van der Waals surface area (Å²) in [5.74, 6) is 0.958. The number of carbonyl (C=O) groups is 1. The van der Waals surface area contributed by atoms with E-state index in [0.717, 1.165) is 23.4 Å². The van der Waals surface area contributed by atoms with Gasteiger partial charge in [0.2, 0.25) is 5.91 Å². The molecule has 1 aromatic carbocycles. The summed E-state index contributed by atoms with van der Waals surface area (Å²) in [6.45, 7) is 5.11. The second-order valence-electron chi connectivity index (χ2n) is 4.83. The number of aromatic nitrogens is 2. The van der Waals surface area contributed by atoms with Crippen molar-refractivity contribution in [3.63, 3.8) is 0 Å². The molecular formula is C14H22Cl2N4O. The highest BCUT2D eigenvalue weighted by molar-refractivity contribution is 5.85. The number of hydrogen-bond acceptors (Lipinski definition) is 3. The molecule has 0 saturated carbocycles. The highest BCUT2D eigenvalue weighted by atomic mass is 35.5. The van der Waals surface area contributed by atoms with E-state index in [1.807, 2.05) is 38.1 Å². The number of nitrogens with one attached hydrogen (secondary N) is 1. The van der Waals surface area contributed by atoms with Crippen molar-refractivity contribution in [2.24, 2.45) is 5.73 Å². The van der Waals surface area contributed by atoms with Crippen LogP contribution < -0.4 is 11.1 Å². The first kappa shape index (κ1) is 19.7. The number of nitrogens with two attached hydrogens (primary N) is 1. The Morgan fingerprint density at radius 1 is 1.38 bits per heavy atom. The first-order valence-electron chi connectivity index (χ1n) is 6.52. The number of amides is 1. The van der Waals surface area contributed by atoms with Crippen molar-refractivity contribution in [2.45, 2.75) is 32.9 Å². The lowest BCUT2D eigenvalue weighted by atomic mass is 10.2. The van der Waals surface area contributed by atoms with Gasteiger partial charge in [-0.2, -0.15) is 0 Å². The summed E-state index contributed by atoms with van der Waals surface area (Å²) >= 11 is 0. The maximum Gasteiger partial charge on any atom is 0.221 e. The molecule has 5 nitrogen and oxygen atoms in total. The van der Waals surface area contributed by atoms with Crippen molar-refractivity contribution in [1.82, 2.24) is 14.9 Å². The van der Waals surface area contributed by atoms with Crippen LogP contribution in [0.1, 0.15) is 19.2 Å². The van der Waals surface area contributed by atoms with E-state index in [4.69, 9.17) is 5.73 Å². The van der Waals surface area contributed by atoms with Gasteiger partial charge >= 0.3 is 0 Å². The summed E-state index contributed by atoms with van der Waals surface area (Å²) in [4.78, 5) is 16.0. The predicted molar refractivity (Wildman–Crippen MR) is 90.2 cm³/mol. The lowest BCUT2D eigenvalue weighted by molar-refractivity contribution is -0.121. The van der Waals surface area contributed by atoms with E-state index >= 15 is 0 Å². The molecule has 1 unspecified atom stereocenters. The standard InChI is InChI=1S/C14H20N4O.2ClH/c1-10(15)9-14(19)16-7-8-18-11(2)17-12-5-3-4-6-13(12)18;;/h3-6,10H,7-9,15H2,1-2H3,(H,16,19);2*1H. The minimum atomic E-state index is -0.101. The number of halogens is 2. The lowest BCUT2D eigenvalue weighted by Crippen LogP contribution is -2.32. The highest BCUT2D eigenvalue weighted by Crippen LogP contribution is 2.14. The average Bonchev–Trinajstić information content (AvgIpc) is 2.65. The van der Waals surface area contributed by atoms with Gasteiger partial charge in [-0.3, -0.25) is 4.79 Å². The molecular weight excluding hydrogens is 311 g/mol. The van der Waals surface area contributed by atoms with Crippen LogP contribution in [-0.2, 0) is 11.3 Å². The van der Waals surface area contributed by atoms with Gasteiger partial charge in [0.25, 0.3) is 0 Å². The summed E-state index contributed by atoms with van der Waals surface area (Å²) in [6, 6.07) is 7.90.